The number of pyridine rings is 1. The molecule has 0 aliphatic carbocycles. The van der Waals surface area contributed by atoms with Gasteiger partial charge in [-0.1, -0.05) is 29.8 Å². The molecule has 4 rings (SSSR count). The molecule has 0 radical (unpaired) electrons. The van der Waals surface area contributed by atoms with Crippen molar-refractivity contribution in [1.29, 1.82) is 0 Å². The molecule has 1 fully saturated rings. The molecule has 3 heterocycles. The molecule has 3 aromatic rings. The van der Waals surface area contributed by atoms with E-state index in [4.69, 9.17) is 11.6 Å². The Kier molecular flexibility index (Phi) is 5.07. The number of hydrogen-bond acceptors (Lipinski definition) is 4. The number of rotatable bonds is 5. The number of amides is 1. The molecular weight excluding hydrogens is 362 g/mol. The molecule has 1 aliphatic rings. The molecule has 1 saturated heterocycles. The van der Waals surface area contributed by atoms with Crippen molar-refractivity contribution < 1.29 is 4.79 Å². The van der Waals surface area contributed by atoms with Crippen LogP contribution in [0.1, 0.15) is 12.0 Å². The van der Waals surface area contributed by atoms with Gasteiger partial charge in [-0.3, -0.25) is 4.79 Å². The largest absolute Gasteiger partial charge is 0.353 e. The Hall–Kier alpha value is -2.86. The minimum Gasteiger partial charge on any atom is -0.353 e. The zero-order valence-electron chi connectivity index (χ0n) is 14.8. The lowest BCUT2D eigenvalue weighted by atomic mass is 10.2. The van der Waals surface area contributed by atoms with E-state index in [1.165, 1.54) is 0 Å². The molecule has 1 aliphatic heterocycles. The maximum Gasteiger partial charge on any atom is 0.224 e. The first kappa shape index (κ1) is 17.5. The Morgan fingerprint density at radius 3 is 2.89 bits per heavy atom. The minimum atomic E-state index is 0.00146. The van der Waals surface area contributed by atoms with Crippen molar-refractivity contribution in [2.75, 3.05) is 18.0 Å². The molecule has 2 aromatic heterocycles. The Balaban J connectivity index is 1.33. The molecule has 0 saturated carbocycles. The topological polar surface area (TPSA) is 63.1 Å². The second kappa shape index (κ2) is 7.80. The minimum absolute atomic E-state index is 0.00146. The van der Waals surface area contributed by atoms with Gasteiger partial charge in [-0.05, 0) is 36.2 Å². The molecule has 6 nitrogen and oxygen atoms in total. The molecule has 138 valence electrons. The van der Waals surface area contributed by atoms with E-state index in [2.05, 4.69) is 20.3 Å². The van der Waals surface area contributed by atoms with Gasteiger partial charge < -0.3 is 10.2 Å². The number of hydrogen-bond donors (Lipinski definition) is 1. The van der Waals surface area contributed by atoms with Gasteiger partial charge in [0.05, 0.1) is 23.3 Å². The second-order valence-electron chi connectivity index (χ2n) is 6.61. The molecule has 1 unspecified atom stereocenters. The van der Waals surface area contributed by atoms with Gasteiger partial charge in [0, 0.05) is 31.5 Å². The lowest BCUT2D eigenvalue weighted by Crippen LogP contribution is -2.38. The summed E-state index contributed by atoms with van der Waals surface area (Å²) >= 11 is 6.22. The smallest absolute Gasteiger partial charge is 0.224 e. The van der Waals surface area contributed by atoms with Crippen LogP contribution in [0.4, 0.5) is 5.82 Å². The third-order valence-electron chi connectivity index (χ3n) is 4.61. The molecule has 1 aromatic carbocycles. The van der Waals surface area contributed by atoms with E-state index in [0.717, 1.165) is 30.0 Å². The average Bonchev–Trinajstić information content (AvgIpc) is 3.33. The van der Waals surface area contributed by atoms with E-state index in [0.29, 0.717) is 18.0 Å². The molecule has 1 amide bonds. The van der Waals surface area contributed by atoms with Gasteiger partial charge in [0.15, 0.2) is 0 Å². The fourth-order valence-electron chi connectivity index (χ4n) is 3.32. The van der Waals surface area contributed by atoms with Crippen molar-refractivity contribution in [1.82, 2.24) is 20.1 Å². The van der Waals surface area contributed by atoms with E-state index in [1.54, 1.807) is 17.1 Å². The van der Waals surface area contributed by atoms with Crippen LogP contribution in [0.2, 0.25) is 5.02 Å². The van der Waals surface area contributed by atoms with Gasteiger partial charge in [-0.25, -0.2) is 9.67 Å². The van der Waals surface area contributed by atoms with E-state index < -0.39 is 0 Å². The van der Waals surface area contributed by atoms with E-state index >= 15 is 0 Å². The summed E-state index contributed by atoms with van der Waals surface area (Å²) in [6.07, 6.45) is 6.55. The summed E-state index contributed by atoms with van der Waals surface area (Å²) in [4.78, 5) is 18.9. The van der Waals surface area contributed by atoms with E-state index in [9.17, 15) is 4.79 Å². The van der Waals surface area contributed by atoms with Gasteiger partial charge in [0.2, 0.25) is 5.91 Å². The predicted octanol–water partition coefficient (Wildman–Crippen LogP) is 2.86. The Morgan fingerprint density at radius 1 is 1.22 bits per heavy atom. The number of benzene rings is 1. The van der Waals surface area contributed by atoms with Crippen LogP contribution in [0, 0.1) is 0 Å². The number of nitrogens with zero attached hydrogens (tertiary/aromatic N) is 4. The standard InChI is InChI=1S/C20H20ClN5O/c21-18-7-4-9-22-20(18)25-10-8-16(14-25)24-19(27)11-15-12-23-26(13-15)17-5-2-1-3-6-17/h1-7,9,12-13,16H,8,10-11,14H2,(H,24,27). The van der Waals surface area contributed by atoms with Crippen molar-refractivity contribution in [3.63, 3.8) is 0 Å². The zero-order valence-corrected chi connectivity index (χ0v) is 15.5. The number of anilines is 1. The molecular formula is C20H20ClN5O. The Bertz CT molecular complexity index is 927. The highest BCUT2D eigenvalue weighted by atomic mass is 35.5. The van der Waals surface area contributed by atoms with Crippen molar-refractivity contribution in [3.8, 4) is 5.69 Å². The number of carbonyl (C=O) groups is 1. The van der Waals surface area contributed by atoms with Gasteiger partial charge in [-0.15, -0.1) is 0 Å². The van der Waals surface area contributed by atoms with Gasteiger partial charge in [0.25, 0.3) is 0 Å². The summed E-state index contributed by atoms with van der Waals surface area (Å²) in [5, 5.41) is 8.08. The van der Waals surface area contributed by atoms with Crippen LogP contribution in [-0.2, 0) is 11.2 Å². The third kappa shape index (κ3) is 4.11. The van der Waals surface area contributed by atoms with Gasteiger partial charge in [-0.2, -0.15) is 5.10 Å². The number of aromatic nitrogens is 3. The molecule has 7 heteroatoms. The number of carbonyl (C=O) groups excluding carboxylic acids is 1. The molecule has 27 heavy (non-hydrogen) atoms. The van der Waals surface area contributed by atoms with Crippen LogP contribution in [-0.4, -0.2) is 39.8 Å². The summed E-state index contributed by atoms with van der Waals surface area (Å²) < 4.78 is 1.78. The Labute approximate surface area is 162 Å². The maximum atomic E-state index is 12.4. The first-order valence-corrected chi connectivity index (χ1v) is 9.30. The average molecular weight is 382 g/mol. The predicted molar refractivity (Wildman–Crippen MR) is 105 cm³/mol. The lowest BCUT2D eigenvalue weighted by molar-refractivity contribution is -0.121. The fourth-order valence-corrected chi connectivity index (χ4v) is 3.56. The van der Waals surface area contributed by atoms with Crippen LogP contribution < -0.4 is 10.2 Å². The van der Waals surface area contributed by atoms with E-state index in [-0.39, 0.29) is 11.9 Å². The van der Waals surface area contributed by atoms with Crippen LogP contribution in [0.5, 0.6) is 0 Å². The SMILES string of the molecule is O=C(Cc1cnn(-c2ccccc2)c1)NC1CCN(c2ncccc2Cl)C1. The van der Waals surface area contributed by atoms with Crippen molar-refractivity contribution in [2.45, 2.75) is 18.9 Å². The molecule has 0 spiro atoms. The quantitative estimate of drug-likeness (QED) is 0.738. The Morgan fingerprint density at radius 2 is 2.07 bits per heavy atom. The number of para-hydroxylation sites is 1. The van der Waals surface area contributed by atoms with Crippen molar-refractivity contribution in [2.24, 2.45) is 0 Å². The first-order valence-electron chi connectivity index (χ1n) is 8.93. The molecule has 1 N–H and O–H groups in total. The molecule has 0 bridgehead atoms. The third-order valence-corrected chi connectivity index (χ3v) is 4.91. The fraction of sp³-hybridized carbons (Fsp3) is 0.250. The summed E-state index contributed by atoms with van der Waals surface area (Å²) in [5.74, 6) is 0.779. The van der Waals surface area contributed by atoms with Crippen LogP contribution >= 0.6 is 11.6 Å². The second-order valence-corrected chi connectivity index (χ2v) is 7.02. The molecule has 1 atom stereocenters. The van der Waals surface area contributed by atoms with Gasteiger partial charge >= 0.3 is 0 Å². The monoisotopic (exact) mass is 381 g/mol. The highest BCUT2D eigenvalue weighted by molar-refractivity contribution is 6.32. The van der Waals surface area contributed by atoms with Crippen LogP contribution in [0.15, 0.2) is 61.1 Å². The number of nitrogens with one attached hydrogen (secondary N) is 1. The van der Waals surface area contributed by atoms with E-state index in [1.807, 2.05) is 48.7 Å². The van der Waals surface area contributed by atoms with Crippen LogP contribution in [0.25, 0.3) is 5.69 Å². The van der Waals surface area contributed by atoms with Crippen molar-refractivity contribution >= 4 is 23.3 Å². The number of halogens is 1. The summed E-state index contributed by atoms with van der Waals surface area (Å²) in [6, 6.07) is 13.6. The highest BCUT2D eigenvalue weighted by Crippen LogP contribution is 2.25. The zero-order chi connectivity index (χ0) is 18.6. The maximum absolute atomic E-state index is 12.4. The summed E-state index contributed by atoms with van der Waals surface area (Å²) in [7, 11) is 0. The first-order chi connectivity index (χ1) is 13.2. The normalized spacial score (nSPS) is 16.5. The summed E-state index contributed by atoms with van der Waals surface area (Å²) in [5.41, 5.74) is 1.86. The van der Waals surface area contributed by atoms with Crippen molar-refractivity contribution in [3.05, 3.63) is 71.6 Å². The van der Waals surface area contributed by atoms with Gasteiger partial charge in [0.1, 0.15) is 5.82 Å². The summed E-state index contributed by atoms with van der Waals surface area (Å²) in [6.45, 7) is 1.54. The van der Waals surface area contributed by atoms with Crippen LogP contribution in [0.3, 0.4) is 0 Å². The highest BCUT2D eigenvalue weighted by Gasteiger charge is 2.26. The lowest BCUT2D eigenvalue weighted by Gasteiger charge is -2.18.